The van der Waals surface area contributed by atoms with Gasteiger partial charge in [-0.15, -0.1) is 11.8 Å². The van der Waals surface area contributed by atoms with Crippen molar-refractivity contribution >= 4 is 11.8 Å². The number of hydrogen-bond acceptors (Lipinski definition) is 5. The summed E-state index contributed by atoms with van der Waals surface area (Å²) in [4.78, 5) is 9.43. The van der Waals surface area contributed by atoms with Crippen LogP contribution in [0.25, 0.3) is 0 Å². The summed E-state index contributed by atoms with van der Waals surface area (Å²) in [7, 11) is 1.59. The van der Waals surface area contributed by atoms with Gasteiger partial charge in [0.2, 0.25) is 5.88 Å². The van der Waals surface area contributed by atoms with Crippen molar-refractivity contribution in [3.63, 3.8) is 0 Å². The van der Waals surface area contributed by atoms with Crippen LogP contribution in [0.4, 0.5) is 0 Å². The van der Waals surface area contributed by atoms with Gasteiger partial charge in [0.1, 0.15) is 6.33 Å². The fourth-order valence-electron chi connectivity index (χ4n) is 1.79. The Morgan fingerprint density at radius 3 is 2.63 bits per heavy atom. The lowest BCUT2D eigenvalue weighted by molar-refractivity contribution is 0.395. The number of rotatable bonds is 5. The number of nitrogens with two attached hydrogens (primary N) is 1. The minimum absolute atomic E-state index is 0.0736. The molecule has 5 heteroatoms. The molecule has 0 radical (unpaired) electrons. The van der Waals surface area contributed by atoms with Gasteiger partial charge in [0.25, 0.3) is 0 Å². The quantitative estimate of drug-likeness (QED) is 0.849. The van der Waals surface area contributed by atoms with Crippen LogP contribution >= 0.6 is 11.8 Å². The lowest BCUT2D eigenvalue weighted by Crippen LogP contribution is -2.14. The van der Waals surface area contributed by atoms with E-state index in [1.165, 1.54) is 11.2 Å². The van der Waals surface area contributed by atoms with Gasteiger partial charge in [0, 0.05) is 29.1 Å². The first-order valence-corrected chi connectivity index (χ1v) is 7.20. The molecule has 0 saturated carbocycles. The zero-order valence-electron chi connectivity index (χ0n) is 11.0. The molecule has 0 saturated heterocycles. The number of methoxy groups -OCH3 is 1. The smallest absolute Gasteiger partial charge is 0.216 e. The minimum Gasteiger partial charge on any atom is -0.481 e. The molecular formula is C14H17N3OS. The molecule has 4 nitrogen and oxygen atoms in total. The maximum Gasteiger partial charge on any atom is 0.216 e. The van der Waals surface area contributed by atoms with E-state index in [1.54, 1.807) is 18.9 Å². The highest BCUT2D eigenvalue weighted by molar-refractivity contribution is 7.98. The summed E-state index contributed by atoms with van der Waals surface area (Å²) < 4.78 is 5.08. The van der Waals surface area contributed by atoms with Crippen LogP contribution in [-0.4, -0.2) is 23.3 Å². The van der Waals surface area contributed by atoms with Crippen LogP contribution < -0.4 is 10.5 Å². The van der Waals surface area contributed by atoms with Crippen molar-refractivity contribution in [2.45, 2.75) is 17.4 Å². The summed E-state index contributed by atoms with van der Waals surface area (Å²) in [6.07, 6.45) is 4.22. The summed E-state index contributed by atoms with van der Waals surface area (Å²) >= 11 is 1.72. The van der Waals surface area contributed by atoms with Gasteiger partial charge in [0.15, 0.2) is 0 Å². The summed E-state index contributed by atoms with van der Waals surface area (Å²) in [5, 5.41) is 0. The molecule has 2 rings (SSSR count). The molecule has 0 amide bonds. The van der Waals surface area contributed by atoms with Gasteiger partial charge in [-0.25, -0.2) is 9.97 Å². The Kier molecular flexibility index (Phi) is 4.76. The van der Waals surface area contributed by atoms with Crippen molar-refractivity contribution in [2.75, 3.05) is 13.4 Å². The molecule has 0 aliphatic carbocycles. The third-order valence-corrected chi connectivity index (χ3v) is 3.62. The van der Waals surface area contributed by atoms with Crippen molar-refractivity contribution in [1.29, 1.82) is 0 Å². The Morgan fingerprint density at radius 1 is 1.26 bits per heavy atom. The number of benzene rings is 1. The Hall–Kier alpha value is -1.59. The molecule has 0 aliphatic rings. The molecule has 0 fully saturated rings. The SMILES string of the molecule is COc1cc(CC(N)c2ccc(SC)cc2)ncn1. The van der Waals surface area contributed by atoms with E-state index in [1.807, 2.05) is 6.07 Å². The van der Waals surface area contributed by atoms with Gasteiger partial charge < -0.3 is 10.5 Å². The van der Waals surface area contributed by atoms with Crippen molar-refractivity contribution in [2.24, 2.45) is 5.73 Å². The van der Waals surface area contributed by atoms with Crippen LogP contribution in [0.1, 0.15) is 17.3 Å². The van der Waals surface area contributed by atoms with E-state index in [0.29, 0.717) is 12.3 Å². The van der Waals surface area contributed by atoms with Gasteiger partial charge in [-0.2, -0.15) is 0 Å². The fraction of sp³-hybridized carbons (Fsp3) is 0.286. The highest BCUT2D eigenvalue weighted by Crippen LogP contribution is 2.20. The van der Waals surface area contributed by atoms with E-state index in [0.717, 1.165) is 11.3 Å². The molecule has 1 aromatic heterocycles. The zero-order valence-corrected chi connectivity index (χ0v) is 11.9. The number of nitrogens with zero attached hydrogens (tertiary/aromatic N) is 2. The van der Waals surface area contributed by atoms with E-state index in [4.69, 9.17) is 10.5 Å². The maximum atomic E-state index is 6.20. The molecule has 0 aliphatic heterocycles. The molecule has 0 bridgehead atoms. The molecule has 0 spiro atoms. The van der Waals surface area contributed by atoms with Gasteiger partial charge in [-0.05, 0) is 24.0 Å². The van der Waals surface area contributed by atoms with Gasteiger partial charge in [0.05, 0.1) is 7.11 Å². The summed E-state index contributed by atoms with van der Waals surface area (Å²) in [5.41, 5.74) is 8.19. The van der Waals surface area contributed by atoms with Crippen LogP contribution in [0.15, 0.2) is 41.6 Å². The number of thioether (sulfide) groups is 1. The first kappa shape index (κ1) is 13.8. The fourth-order valence-corrected chi connectivity index (χ4v) is 2.20. The molecule has 19 heavy (non-hydrogen) atoms. The third-order valence-electron chi connectivity index (χ3n) is 2.88. The van der Waals surface area contributed by atoms with Gasteiger partial charge >= 0.3 is 0 Å². The van der Waals surface area contributed by atoms with Crippen LogP contribution in [-0.2, 0) is 6.42 Å². The maximum absolute atomic E-state index is 6.20. The monoisotopic (exact) mass is 275 g/mol. The van der Waals surface area contributed by atoms with Gasteiger partial charge in [-0.3, -0.25) is 0 Å². The molecule has 1 aromatic carbocycles. The van der Waals surface area contributed by atoms with Crippen molar-refractivity contribution in [3.05, 3.63) is 47.9 Å². The number of ether oxygens (including phenoxy) is 1. The first-order chi connectivity index (χ1) is 9.22. The second kappa shape index (κ2) is 6.54. The number of aromatic nitrogens is 2. The van der Waals surface area contributed by atoms with Crippen LogP contribution in [0.3, 0.4) is 0 Å². The highest BCUT2D eigenvalue weighted by Gasteiger charge is 2.09. The predicted molar refractivity (Wildman–Crippen MR) is 77.4 cm³/mol. The standard InChI is InChI=1S/C14H17N3OS/c1-18-14-8-11(16-9-17-14)7-13(15)10-3-5-12(19-2)6-4-10/h3-6,8-9,13H,7,15H2,1-2H3. The zero-order chi connectivity index (χ0) is 13.7. The highest BCUT2D eigenvalue weighted by atomic mass is 32.2. The lowest BCUT2D eigenvalue weighted by Gasteiger charge is -2.12. The van der Waals surface area contributed by atoms with Crippen molar-refractivity contribution < 1.29 is 4.74 Å². The lowest BCUT2D eigenvalue weighted by atomic mass is 10.0. The van der Waals surface area contributed by atoms with Gasteiger partial charge in [-0.1, -0.05) is 12.1 Å². The van der Waals surface area contributed by atoms with Crippen LogP contribution in [0.2, 0.25) is 0 Å². The molecule has 2 N–H and O–H groups in total. The van der Waals surface area contributed by atoms with Crippen molar-refractivity contribution in [1.82, 2.24) is 9.97 Å². The third kappa shape index (κ3) is 3.68. The van der Waals surface area contributed by atoms with Crippen molar-refractivity contribution in [3.8, 4) is 5.88 Å². The molecule has 1 atom stereocenters. The summed E-state index contributed by atoms with van der Waals surface area (Å²) in [6, 6.07) is 10.0. The Labute approximate surface area is 117 Å². The normalized spacial score (nSPS) is 12.2. The molecule has 100 valence electrons. The van der Waals surface area contributed by atoms with E-state index in [2.05, 4.69) is 40.5 Å². The van der Waals surface area contributed by atoms with E-state index in [-0.39, 0.29) is 6.04 Å². The second-order valence-corrected chi connectivity index (χ2v) is 5.02. The van der Waals surface area contributed by atoms with E-state index >= 15 is 0 Å². The molecule has 1 unspecified atom stereocenters. The minimum atomic E-state index is -0.0736. The topological polar surface area (TPSA) is 61.0 Å². The molecule has 2 aromatic rings. The molecular weight excluding hydrogens is 258 g/mol. The average molecular weight is 275 g/mol. The average Bonchev–Trinajstić information content (AvgIpc) is 2.47. The first-order valence-electron chi connectivity index (χ1n) is 5.97. The number of hydrogen-bond donors (Lipinski definition) is 1. The Bertz CT molecular complexity index is 530. The second-order valence-electron chi connectivity index (χ2n) is 4.14. The summed E-state index contributed by atoms with van der Waals surface area (Å²) in [6.45, 7) is 0. The Balaban J connectivity index is 2.08. The summed E-state index contributed by atoms with van der Waals surface area (Å²) in [5.74, 6) is 0.565. The van der Waals surface area contributed by atoms with E-state index < -0.39 is 0 Å². The van der Waals surface area contributed by atoms with Crippen LogP contribution in [0.5, 0.6) is 5.88 Å². The van der Waals surface area contributed by atoms with Crippen LogP contribution in [0, 0.1) is 0 Å². The molecule has 1 heterocycles. The van der Waals surface area contributed by atoms with E-state index in [9.17, 15) is 0 Å². The predicted octanol–water partition coefficient (Wildman–Crippen LogP) is 2.45. The largest absolute Gasteiger partial charge is 0.481 e. The Morgan fingerprint density at radius 2 is 2.00 bits per heavy atom.